The summed E-state index contributed by atoms with van der Waals surface area (Å²) in [5, 5.41) is 28.8. The Kier molecular flexibility index (Phi) is 7.47. The Labute approximate surface area is 118 Å². The fraction of sp³-hybridized carbons (Fsp3) is 1.00. The Morgan fingerprint density at radius 2 is 1.21 bits per heavy atom. The number of nitrogens with one attached hydrogen (secondary N) is 3. The molecule has 0 atom stereocenters. The first kappa shape index (κ1) is 18.8. The lowest BCUT2D eigenvalue weighted by Gasteiger charge is -2.39. The zero-order valence-corrected chi connectivity index (χ0v) is 13.4. The van der Waals surface area contributed by atoms with E-state index in [1.165, 1.54) is 0 Å². The van der Waals surface area contributed by atoms with E-state index in [0.29, 0.717) is 0 Å². The summed E-state index contributed by atoms with van der Waals surface area (Å²) in [5.74, 6) is 0. The highest BCUT2D eigenvalue weighted by molar-refractivity contribution is 4.95. The van der Waals surface area contributed by atoms with Crippen LogP contribution in [0.5, 0.6) is 0 Å². The van der Waals surface area contributed by atoms with Crippen molar-refractivity contribution in [2.45, 2.75) is 57.7 Å². The van der Waals surface area contributed by atoms with Crippen molar-refractivity contribution in [1.82, 2.24) is 16.0 Å². The van der Waals surface area contributed by atoms with E-state index < -0.39 is 0 Å². The second-order valence-corrected chi connectivity index (χ2v) is 6.67. The van der Waals surface area contributed by atoms with Gasteiger partial charge in [0.1, 0.15) is 0 Å². The first-order valence-corrected chi connectivity index (χ1v) is 7.06. The molecule has 0 aliphatic carbocycles. The Morgan fingerprint density at radius 3 is 1.42 bits per heavy atom. The second-order valence-electron chi connectivity index (χ2n) is 6.67. The molecule has 0 bridgehead atoms. The number of aliphatic hydroxyl groups excluding tert-OH is 2. The third kappa shape index (κ3) is 6.68. The van der Waals surface area contributed by atoms with Gasteiger partial charge in [-0.1, -0.05) is 6.92 Å². The van der Waals surface area contributed by atoms with Crippen LogP contribution in [-0.2, 0) is 0 Å². The minimum atomic E-state index is -0.288. The van der Waals surface area contributed by atoms with Gasteiger partial charge in [0.15, 0.2) is 0 Å². The molecule has 5 heteroatoms. The van der Waals surface area contributed by atoms with Gasteiger partial charge in [0.2, 0.25) is 0 Å². The predicted molar refractivity (Wildman–Crippen MR) is 80.4 cm³/mol. The highest BCUT2D eigenvalue weighted by Crippen LogP contribution is 2.12. The Morgan fingerprint density at radius 1 is 0.842 bits per heavy atom. The molecule has 0 saturated carbocycles. The molecule has 0 aliphatic heterocycles. The van der Waals surface area contributed by atoms with Gasteiger partial charge in [-0.25, -0.2) is 0 Å². The lowest BCUT2D eigenvalue weighted by atomic mass is 9.92. The molecule has 0 heterocycles. The van der Waals surface area contributed by atoms with Crippen molar-refractivity contribution >= 4 is 0 Å². The average molecular weight is 275 g/mol. The maximum atomic E-state index is 9.30. The van der Waals surface area contributed by atoms with Crippen LogP contribution < -0.4 is 16.0 Å². The zero-order valence-electron chi connectivity index (χ0n) is 13.4. The fourth-order valence-corrected chi connectivity index (χ4v) is 1.59. The number of rotatable bonds is 10. The molecule has 0 fully saturated rings. The molecule has 5 N–H and O–H groups in total. The van der Waals surface area contributed by atoms with Crippen molar-refractivity contribution in [2.24, 2.45) is 0 Å². The summed E-state index contributed by atoms with van der Waals surface area (Å²) in [6.07, 6.45) is 0.951. The SMILES string of the molecule is CCC(CNC(C)(C)CO)(CNC(C)(C)CO)NC. The topological polar surface area (TPSA) is 76.5 Å². The van der Waals surface area contributed by atoms with Crippen molar-refractivity contribution in [3.05, 3.63) is 0 Å². The van der Waals surface area contributed by atoms with E-state index in [9.17, 15) is 10.2 Å². The van der Waals surface area contributed by atoms with Gasteiger partial charge >= 0.3 is 0 Å². The normalized spacial score (nSPS) is 13.9. The molecular weight excluding hydrogens is 242 g/mol. The molecule has 0 aromatic carbocycles. The predicted octanol–water partition coefficient (Wildman–Crippen LogP) is 0.0756. The van der Waals surface area contributed by atoms with Gasteiger partial charge in [-0.15, -0.1) is 0 Å². The maximum Gasteiger partial charge on any atom is 0.0607 e. The number of aliphatic hydroxyl groups is 2. The highest BCUT2D eigenvalue weighted by atomic mass is 16.3. The summed E-state index contributed by atoms with van der Waals surface area (Å²) in [6, 6.07) is 0. The van der Waals surface area contributed by atoms with Crippen LogP contribution in [0.1, 0.15) is 41.0 Å². The third-order valence-corrected chi connectivity index (χ3v) is 3.81. The molecule has 0 aliphatic rings. The van der Waals surface area contributed by atoms with Crippen LogP contribution in [0, 0.1) is 0 Å². The van der Waals surface area contributed by atoms with Crippen LogP contribution in [0.15, 0.2) is 0 Å². The molecule has 0 aromatic rings. The molecule has 0 radical (unpaired) electrons. The van der Waals surface area contributed by atoms with Crippen LogP contribution in [0.2, 0.25) is 0 Å². The third-order valence-electron chi connectivity index (χ3n) is 3.81. The Balaban J connectivity index is 4.59. The van der Waals surface area contributed by atoms with E-state index in [1.807, 2.05) is 34.7 Å². The molecule has 19 heavy (non-hydrogen) atoms. The van der Waals surface area contributed by atoms with Gasteiger partial charge in [-0.3, -0.25) is 0 Å². The number of hydrogen-bond acceptors (Lipinski definition) is 5. The van der Waals surface area contributed by atoms with E-state index in [4.69, 9.17) is 0 Å². The van der Waals surface area contributed by atoms with Crippen molar-refractivity contribution < 1.29 is 10.2 Å². The molecule has 0 aromatic heterocycles. The van der Waals surface area contributed by atoms with Crippen LogP contribution in [0.3, 0.4) is 0 Å². The molecule has 0 unspecified atom stereocenters. The average Bonchev–Trinajstić information content (AvgIpc) is 2.40. The van der Waals surface area contributed by atoms with Gasteiger partial charge in [0.25, 0.3) is 0 Å². The second kappa shape index (κ2) is 7.55. The standard InChI is InChI=1S/C14H33N3O2/c1-7-14(15-6,8-16-12(2,3)10-18)9-17-13(4,5)11-19/h15-19H,7-11H2,1-6H3. The molecule has 5 nitrogen and oxygen atoms in total. The summed E-state index contributed by atoms with van der Waals surface area (Å²) in [6.45, 7) is 11.8. The van der Waals surface area contributed by atoms with Crippen LogP contribution in [0.4, 0.5) is 0 Å². The Hall–Kier alpha value is -0.200. The minimum Gasteiger partial charge on any atom is -0.394 e. The highest BCUT2D eigenvalue weighted by Gasteiger charge is 2.30. The van der Waals surface area contributed by atoms with Gasteiger partial charge in [-0.05, 0) is 41.2 Å². The summed E-state index contributed by atoms with van der Waals surface area (Å²) in [5.41, 5.74) is -0.674. The quantitative estimate of drug-likeness (QED) is 0.390. The molecule has 0 saturated heterocycles. The van der Waals surface area contributed by atoms with Crippen LogP contribution >= 0.6 is 0 Å². The molecule has 0 rings (SSSR count). The summed E-state index contributed by atoms with van der Waals surface area (Å²) >= 11 is 0. The largest absolute Gasteiger partial charge is 0.394 e. The van der Waals surface area contributed by atoms with E-state index in [-0.39, 0.29) is 29.8 Å². The lowest BCUT2D eigenvalue weighted by Crippen LogP contribution is -2.62. The summed E-state index contributed by atoms with van der Waals surface area (Å²) in [4.78, 5) is 0. The first-order valence-electron chi connectivity index (χ1n) is 7.06. The van der Waals surface area contributed by atoms with Gasteiger partial charge in [0.05, 0.1) is 13.2 Å². The maximum absolute atomic E-state index is 9.30. The number of likely N-dealkylation sites (N-methyl/N-ethyl adjacent to an activating group) is 1. The molecule has 0 amide bonds. The Bertz CT molecular complexity index is 229. The molecule has 0 spiro atoms. The van der Waals surface area contributed by atoms with Crippen LogP contribution in [0.25, 0.3) is 0 Å². The van der Waals surface area contributed by atoms with E-state index in [2.05, 4.69) is 22.9 Å². The zero-order chi connectivity index (χ0) is 15.2. The fourth-order valence-electron chi connectivity index (χ4n) is 1.59. The van der Waals surface area contributed by atoms with Crippen molar-refractivity contribution in [1.29, 1.82) is 0 Å². The molecule has 116 valence electrons. The van der Waals surface area contributed by atoms with Gasteiger partial charge in [0, 0.05) is 29.7 Å². The number of hydrogen-bond donors (Lipinski definition) is 5. The van der Waals surface area contributed by atoms with Gasteiger partial charge in [-0.2, -0.15) is 0 Å². The first-order chi connectivity index (χ1) is 8.66. The summed E-state index contributed by atoms with van der Waals surface area (Å²) < 4.78 is 0. The van der Waals surface area contributed by atoms with Crippen LogP contribution in [-0.4, -0.2) is 60.2 Å². The lowest BCUT2D eigenvalue weighted by molar-refractivity contribution is 0.152. The smallest absolute Gasteiger partial charge is 0.0607 e. The van der Waals surface area contributed by atoms with Crippen molar-refractivity contribution in [2.75, 3.05) is 33.4 Å². The monoisotopic (exact) mass is 275 g/mol. The van der Waals surface area contributed by atoms with Gasteiger partial charge < -0.3 is 26.2 Å². The van der Waals surface area contributed by atoms with E-state index >= 15 is 0 Å². The van der Waals surface area contributed by atoms with E-state index in [0.717, 1.165) is 19.5 Å². The molecular formula is C14H33N3O2. The van der Waals surface area contributed by atoms with Crippen molar-refractivity contribution in [3.63, 3.8) is 0 Å². The van der Waals surface area contributed by atoms with E-state index in [1.54, 1.807) is 0 Å². The minimum absolute atomic E-state index is 0.0983. The summed E-state index contributed by atoms with van der Waals surface area (Å²) in [7, 11) is 1.95. The van der Waals surface area contributed by atoms with Crippen molar-refractivity contribution in [3.8, 4) is 0 Å².